The quantitative estimate of drug-likeness (QED) is 0.779. The van der Waals surface area contributed by atoms with E-state index in [0.29, 0.717) is 17.8 Å². The fourth-order valence-electron chi connectivity index (χ4n) is 1.90. The highest BCUT2D eigenvalue weighted by Gasteiger charge is 2.07. The summed E-state index contributed by atoms with van der Waals surface area (Å²) >= 11 is 0. The number of nitrogens with two attached hydrogens (primary N) is 1. The van der Waals surface area contributed by atoms with Gasteiger partial charge >= 0.3 is 0 Å². The minimum atomic E-state index is -0.530. The number of carbonyl (C=O) groups excluding carboxylic acids is 2. The number of primary amides is 1. The van der Waals surface area contributed by atoms with Crippen molar-refractivity contribution in [3.63, 3.8) is 0 Å². The monoisotopic (exact) mass is 284 g/mol. The van der Waals surface area contributed by atoms with Gasteiger partial charge < -0.3 is 16.4 Å². The third-order valence-corrected chi connectivity index (χ3v) is 2.82. The Morgan fingerprint density at radius 3 is 2.81 bits per heavy atom. The first-order chi connectivity index (χ1) is 10.1. The minimum Gasteiger partial charge on any atom is -0.380 e. The molecule has 0 unspecified atom stereocenters. The first-order valence-corrected chi connectivity index (χ1v) is 6.40. The summed E-state index contributed by atoms with van der Waals surface area (Å²) < 4.78 is 0. The molecular formula is C15H16N4O2. The molecule has 4 N–H and O–H groups in total. The van der Waals surface area contributed by atoms with Crippen molar-refractivity contribution in [1.82, 2.24) is 4.98 Å². The predicted octanol–water partition coefficient (Wildman–Crippen LogP) is 1.75. The number of hydrogen-bond donors (Lipinski definition) is 3. The normalized spacial score (nSPS) is 9.95. The van der Waals surface area contributed by atoms with Crippen molar-refractivity contribution in [3.8, 4) is 0 Å². The van der Waals surface area contributed by atoms with Crippen LogP contribution in [0.1, 0.15) is 22.8 Å². The number of anilines is 2. The number of hydrogen-bond acceptors (Lipinski definition) is 4. The van der Waals surface area contributed by atoms with Crippen LogP contribution in [0, 0.1) is 0 Å². The van der Waals surface area contributed by atoms with E-state index < -0.39 is 5.91 Å². The van der Waals surface area contributed by atoms with Crippen molar-refractivity contribution in [2.75, 3.05) is 10.6 Å². The van der Waals surface area contributed by atoms with Gasteiger partial charge in [-0.25, -0.2) is 0 Å². The zero-order valence-electron chi connectivity index (χ0n) is 11.6. The fraction of sp³-hybridized carbons (Fsp3) is 0.133. The molecule has 2 rings (SSSR count). The Balaban J connectivity index is 2.10. The van der Waals surface area contributed by atoms with Crippen molar-refractivity contribution in [1.29, 1.82) is 0 Å². The molecule has 0 spiro atoms. The highest BCUT2D eigenvalue weighted by molar-refractivity contribution is 5.98. The summed E-state index contributed by atoms with van der Waals surface area (Å²) in [6.07, 6.45) is 3.01. The number of rotatable bonds is 5. The topological polar surface area (TPSA) is 97.1 Å². The van der Waals surface area contributed by atoms with E-state index in [1.54, 1.807) is 12.3 Å². The molecule has 0 fully saturated rings. The number of amides is 2. The SMILES string of the molecule is CC(=O)Nc1cccc(CNc2ccncc2C(N)=O)c1. The van der Waals surface area contributed by atoms with E-state index in [1.807, 2.05) is 24.3 Å². The van der Waals surface area contributed by atoms with E-state index in [1.165, 1.54) is 13.1 Å². The number of pyridine rings is 1. The predicted molar refractivity (Wildman–Crippen MR) is 80.8 cm³/mol. The summed E-state index contributed by atoms with van der Waals surface area (Å²) in [7, 11) is 0. The Morgan fingerprint density at radius 1 is 1.29 bits per heavy atom. The maximum absolute atomic E-state index is 11.3. The van der Waals surface area contributed by atoms with Gasteiger partial charge in [0.05, 0.1) is 11.3 Å². The van der Waals surface area contributed by atoms with Crippen molar-refractivity contribution in [3.05, 3.63) is 53.9 Å². The molecule has 0 bridgehead atoms. The lowest BCUT2D eigenvalue weighted by Gasteiger charge is -2.10. The molecule has 1 aromatic heterocycles. The van der Waals surface area contributed by atoms with Gasteiger partial charge in [0.15, 0.2) is 0 Å². The van der Waals surface area contributed by atoms with E-state index in [9.17, 15) is 9.59 Å². The number of nitrogens with zero attached hydrogens (tertiary/aromatic N) is 1. The molecule has 2 aromatic rings. The molecule has 0 atom stereocenters. The molecule has 108 valence electrons. The summed E-state index contributed by atoms with van der Waals surface area (Å²) in [6.45, 7) is 1.96. The van der Waals surface area contributed by atoms with E-state index in [-0.39, 0.29) is 5.91 Å². The second-order valence-corrected chi connectivity index (χ2v) is 4.52. The molecule has 0 aliphatic rings. The van der Waals surface area contributed by atoms with Gasteiger partial charge in [0, 0.05) is 31.5 Å². The Labute approximate surface area is 122 Å². The fourth-order valence-corrected chi connectivity index (χ4v) is 1.90. The number of aromatic nitrogens is 1. The first kappa shape index (κ1) is 14.5. The molecule has 0 saturated carbocycles. The standard InChI is InChI=1S/C15H16N4O2/c1-10(20)19-12-4-2-3-11(7-12)8-18-14-5-6-17-9-13(14)15(16)21/h2-7,9H,8H2,1H3,(H2,16,21)(H,17,18)(H,19,20). The molecule has 0 saturated heterocycles. The second kappa shape index (κ2) is 6.51. The molecular weight excluding hydrogens is 268 g/mol. The molecule has 1 heterocycles. The highest BCUT2D eigenvalue weighted by atomic mass is 16.1. The smallest absolute Gasteiger partial charge is 0.252 e. The second-order valence-electron chi connectivity index (χ2n) is 4.52. The zero-order chi connectivity index (χ0) is 15.2. The molecule has 0 aliphatic carbocycles. The van der Waals surface area contributed by atoms with Gasteiger partial charge in [0.2, 0.25) is 5.91 Å². The third-order valence-electron chi connectivity index (χ3n) is 2.82. The average molecular weight is 284 g/mol. The maximum Gasteiger partial charge on any atom is 0.252 e. The minimum absolute atomic E-state index is 0.120. The van der Waals surface area contributed by atoms with Crippen LogP contribution in [0.15, 0.2) is 42.7 Å². The van der Waals surface area contributed by atoms with Crippen molar-refractivity contribution >= 4 is 23.2 Å². The number of carbonyl (C=O) groups is 2. The van der Waals surface area contributed by atoms with E-state index in [0.717, 1.165) is 11.3 Å². The van der Waals surface area contributed by atoms with Gasteiger partial charge in [-0.15, -0.1) is 0 Å². The Hall–Kier alpha value is -2.89. The summed E-state index contributed by atoms with van der Waals surface area (Å²) in [6, 6.07) is 9.14. The van der Waals surface area contributed by atoms with Crippen molar-refractivity contribution in [2.24, 2.45) is 5.73 Å². The summed E-state index contributed by atoms with van der Waals surface area (Å²) in [5.74, 6) is -0.650. The molecule has 21 heavy (non-hydrogen) atoms. The van der Waals surface area contributed by atoms with Crippen LogP contribution in [0.2, 0.25) is 0 Å². The lowest BCUT2D eigenvalue weighted by atomic mass is 10.1. The van der Waals surface area contributed by atoms with Gasteiger partial charge in [-0.1, -0.05) is 12.1 Å². The van der Waals surface area contributed by atoms with Crippen molar-refractivity contribution < 1.29 is 9.59 Å². The van der Waals surface area contributed by atoms with Crippen molar-refractivity contribution in [2.45, 2.75) is 13.5 Å². The van der Waals surface area contributed by atoms with Crippen LogP contribution in [0.3, 0.4) is 0 Å². The Bertz CT molecular complexity index is 670. The van der Waals surface area contributed by atoms with Gasteiger partial charge in [0.25, 0.3) is 5.91 Å². The first-order valence-electron chi connectivity index (χ1n) is 6.40. The summed E-state index contributed by atoms with van der Waals surface area (Å²) in [4.78, 5) is 26.2. The third kappa shape index (κ3) is 4.04. The van der Waals surface area contributed by atoms with Crippen LogP contribution >= 0.6 is 0 Å². The lowest BCUT2D eigenvalue weighted by molar-refractivity contribution is -0.114. The van der Waals surface area contributed by atoms with Crippen LogP contribution in [0.4, 0.5) is 11.4 Å². The van der Waals surface area contributed by atoms with Gasteiger partial charge in [-0.05, 0) is 23.8 Å². The van der Waals surface area contributed by atoms with E-state index in [2.05, 4.69) is 15.6 Å². The number of benzene rings is 1. The average Bonchev–Trinajstić information content (AvgIpc) is 2.45. The zero-order valence-corrected chi connectivity index (χ0v) is 11.6. The molecule has 2 amide bonds. The van der Waals surface area contributed by atoms with E-state index in [4.69, 9.17) is 5.73 Å². The molecule has 0 aliphatic heterocycles. The van der Waals surface area contributed by atoms with Gasteiger partial charge in [0.1, 0.15) is 0 Å². The largest absolute Gasteiger partial charge is 0.380 e. The lowest BCUT2D eigenvalue weighted by Crippen LogP contribution is -2.14. The van der Waals surface area contributed by atoms with Crippen LogP contribution < -0.4 is 16.4 Å². The molecule has 6 heteroatoms. The number of nitrogens with one attached hydrogen (secondary N) is 2. The van der Waals surface area contributed by atoms with Gasteiger partial charge in [-0.2, -0.15) is 0 Å². The Morgan fingerprint density at radius 2 is 2.10 bits per heavy atom. The summed E-state index contributed by atoms with van der Waals surface area (Å²) in [5.41, 5.74) is 7.96. The van der Waals surface area contributed by atoms with Gasteiger partial charge in [-0.3, -0.25) is 14.6 Å². The molecule has 0 radical (unpaired) electrons. The Kier molecular flexibility index (Phi) is 4.50. The van der Waals surface area contributed by atoms with Crippen LogP contribution in [0.25, 0.3) is 0 Å². The highest BCUT2D eigenvalue weighted by Crippen LogP contribution is 2.16. The van der Waals surface area contributed by atoms with Crippen LogP contribution in [-0.2, 0) is 11.3 Å². The van der Waals surface area contributed by atoms with Crippen LogP contribution in [-0.4, -0.2) is 16.8 Å². The van der Waals surface area contributed by atoms with E-state index >= 15 is 0 Å². The maximum atomic E-state index is 11.3. The molecule has 6 nitrogen and oxygen atoms in total. The molecule has 1 aromatic carbocycles. The van der Waals surface area contributed by atoms with Crippen LogP contribution in [0.5, 0.6) is 0 Å². The summed E-state index contributed by atoms with van der Waals surface area (Å²) in [5, 5.41) is 5.86.